The second-order valence-corrected chi connectivity index (χ2v) is 5.41. The van der Waals surface area contributed by atoms with Gasteiger partial charge in [0.05, 0.1) is 6.20 Å². The Balaban J connectivity index is 1.84. The molecule has 0 radical (unpaired) electrons. The van der Waals surface area contributed by atoms with Crippen LogP contribution in [-0.4, -0.2) is 46.3 Å². The van der Waals surface area contributed by atoms with E-state index in [1.54, 1.807) is 23.6 Å². The van der Waals surface area contributed by atoms with Gasteiger partial charge in [-0.1, -0.05) is 6.92 Å². The molecule has 6 nitrogen and oxygen atoms in total. The normalized spacial score (nSPS) is 16.2. The Bertz CT molecular complexity index is 502. The molecule has 1 aliphatic rings. The van der Waals surface area contributed by atoms with Crippen LogP contribution in [0.25, 0.3) is 0 Å². The lowest BCUT2D eigenvalue weighted by molar-refractivity contribution is -0.135. The highest BCUT2D eigenvalue weighted by molar-refractivity contribution is 5.92. The van der Waals surface area contributed by atoms with Crippen LogP contribution in [0.3, 0.4) is 0 Å². The van der Waals surface area contributed by atoms with E-state index in [2.05, 4.69) is 12.0 Å². The van der Waals surface area contributed by atoms with Gasteiger partial charge in [-0.2, -0.15) is 5.10 Å². The summed E-state index contributed by atoms with van der Waals surface area (Å²) in [6.07, 6.45) is 3.49. The first-order valence-corrected chi connectivity index (χ1v) is 6.92. The Labute approximate surface area is 118 Å². The zero-order valence-electron chi connectivity index (χ0n) is 12.3. The molecule has 1 amide bonds. The van der Waals surface area contributed by atoms with E-state index in [-0.39, 0.29) is 12.5 Å². The molecule has 0 N–H and O–H groups in total. The van der Waals surface area contributed by atoms with Crippen LogP contribution in [0.4, 0.5) is 0 Å². The summed E-state index contributed by atoms with van der Waals surface area (Å²) in [6.45, 7) is 5.29. The van der Waals surface area contributed by atoms with Crippen LogP contribution in [0.1, 0.15) is 35.8 Å². The molecule has 2 heterocycles. The molecule has 20 heavy (non-hydrogen) atoms. The van der Waals surface area contributed by atoms with Crippen LogP contribution in [-0.2, 0) is 16.6 Å². The minimum atomic E-state index is -0.491. The van der Waals surface area contributed by atoms with Crippen LogP contribution in [0.2, 0.25) is 0 Å². The van der Waals surface area contributed by atoms with Crippen molar-refractivity contribution in [2.75, 3.05) is 19.7 Å². The van der Waals surface area contributed by atoms with Crippen LogP contribution in [0, 0.1) is 12.8 Å². The van der Waals surface area contributed by atoms with Gasteiger partial charge < -0.3 is 9.64 Å². The lowest BCUT2D eigenvalue weighted by atomic mass is 9.99. The van der Waals surface area contributed by atoms with E-state index in [0.29, 0.717) is 11.5 Å². The van der Waals surface area contributed by atoms with Crippen molar-refractivity contribution < 1.29 is 14.3 Å². The van der Waals surface area contributed by atoms with E-state index in [9.17, 15) is 9.59 Å². The average molecular weight is 279 g/mol. The SMILES string of the molecule is Cc1c(C(=O)OCC(=O)N2CCC(C)CC2)cnn1C. The van der Waals surface area contributed by atoms with Gasteiger partial charge in [-0.25, -0.2) is 4.79 Å². The number of hydrogen-bond acceptors (Lipinski definition) is 4. The van der Waals surface area contributed by atoms with Crippen LogP contribution in [0.15, 0.2) is 6.20 Å². The van der Waals surface area contributed by atoms with E-state index < -0.39 is 5.97 Å². The van der Waals surface area contributed by atoms with Crippen LogP contribution < -0.4 is 0 Å². The number of amides is 1. The zero-order chi connectivity index (χ0) is 14.7. The predicted octanol–water partition coefficient (Wildman–Crippen LogP) is 1.14. The summed E-state index contributed by atoms with van der Waals surface area (Å²) in [5.74, 6) is 0.0563. The second kappa shape index (κ2) is 6.07. The van der Waals surface area contributed by atoms with Crippen molar-refractivity contribution in [1.82, 2.24) is 14.7 Å². The first kappa shape index (κ1) is 14.6. The van der Waals surface area contributed by atoms with Crippen molar-refractivity contribution in [3.63, 3.8) is 0 Å². The molecule has 0 aliphatic carbocycles. The molecule has 0 bridgehead atoms. The number of rotatable bonds is 3. The average Bonchev–Trinajstić information content (AvgIpc) is 2.77. The highest BCUT2D eigenvalue weighted by atomic mass is 16.5. The molecular formula is C14H21N3O3. The molecule has 1 fully saturated rings. The Hall–Kier alpha value is -1.85. The number of esters is 1. The van der Waals surface area contributed by atoms with E-state index in [1.807, 2.05) is 0 Å². The highest BCUT2D eigenvalue weighted by Gasteiger charge is 2.22. The van der Waals surface area contributed by atoms with E-state index in [1.165, 1.54) is 6.20 Å². The van der Waals surface area contributed by atoms with Gasteiger partial charge in [0, 0.05) is 25.8 Å². The lowest BCUT2D eigenvalue weighted by Gasteiger charge is -2.30. The fraction of sp³-hybridized carbons (Fsp3) is 0.643. The van der Waals surface area contributed by atoms with Crippen molar-refractivity contribution in [3.8, 4) is 0 Å². The summed E-state index contributed by atoms with van der Waals surface area (Å²) in [4.78, 5) is 25.6. The quantitative estimate of drug-likeness (QED) is 0.778. The van der Waals surface area contributed by atoms with Gasteiger partial charge in [-0.15, -0.1) is 0 Å². The zero-order valence-corrected chi connectivity index (χ0v) is 12.3. The summed E-state index contributed by atoms with van der Waals surface area (Å²) in [7, 11) is 1.76. The topological polar surface area (TPSA) is 64.4 Å². The van der Waals surface area contributed by atoms with Gasteiger partial charge in [-0.05, 0) is 25.7 Å². The summed E-state index contributed by atoms with van der Waals surface area (Å²) >= 11 is 0. The molecule has 6 heteroatoms. The smallest absolute Gasteiger partial charge is 0.342 e. The van der Waals surface area contributed by atoms with Crippen molar-refractivity contribution in [1.29, 1.82) is 0 Å². The van der Waals surface area contributed by atoms with Gasteiger partial charge in [0.15, 0.2) is 6.61 Å². The highest BCUT2D eigenvalue weighted by Crippen LogP contribution is 2.16. The number of carbonyl (C=O) groups excluding carboxylic acids is 2. The molecule has 0 aromatic carbocycles. The Kier molecular flexibility index (Phi) is 4.42. The van der Waals surface area contributed by atoms with Gasteiger partial charge in [-0.3, -0.25) is 9.48 Å². The third-order valence-corrected chi connectivity index (χ3v) is 3.92. The Morgan fingerprint density at radius 2 is 2.05 bits per heavy atom. The minimum absolute atomic E-state index is 0.119. The first-order valence-electron chi connectivity index (χ1n) is 6.92. The fourth-order valence-electron chi connectivity index (χ4n) is 2.25. The van der Waals surface area contributed by atoms with Crippen molar-refractivity contribution in [2.45, 2.75) is 26.7 Å². The minimum Gasteiger partial charge on any atom is -0.452 e. The number of aromatic nitrogens is 2. The second-order valence-electron chi connectivity index (χ2n) is 5.41. The molecule has 1 aromatic heterocycles. The summed E-state index contributed by atoms with van der Waals surface area (Å²) < 4.78 is 6.68. The molecule has 0 unspecified atom stereocenters. The van der Waals surface area contributed by atoms with Crippen LogP contribution >= 0.6 is 0 Å². The standard InChI is InChI=1S/C14H21N3O3/c1-10-4-6-17(7-5-10)13(18)9-20-14(19)12-8-15-16(3)11(12)2/h8,10H,4-7,9H2,1-3H3. The van der Waals surface area contributed by atoms with Gasteiger partial charge >= 0.3 is 5.97 Å². The number of nitrogens with zero attached hydrogens (tertiary/aromatic N) is 3. The number of aryl methyl sites for hydroxylation is 1. The maximum Gasteiger partial charge on any atom is 0.342 e. The number of likely N-dealkylation sites (tertiary alicyclic amines) is 1. The predicted molar refractivity (Wildman–Crippen MR) is 73.2 cm³/mol. The van der Waals surface area contributed by atoms with Crippen molar-refractivity contribution >= 4 is 11.9 Å². The molecule has 1 aliphatic heterocycles. The van der Waals surface area contributed by atoms with E-state index >= 15 is 0 Å². The number of hydrogen-bond donors (Lipinski definition) is 0. The summed E-state index contributed by atoms with van der Waals surface area (Å²) in [6, 6.07) is 0. The van der Waals surface area contributed by atoms with E-state index in [4.69, 9.17) is 4.74 Å². The maximum atomic E-state index is 12.0. The molecule has 0 atom stereocenters. The molecule has 110 valence electrons. The Morgan fingerprint density at radius 1 is 1.40 bits per heavy atom. The molecule has 0 spiro atoms. The number of ether oxygens (including phenoxy) is 1. The maximum absolute atomic E-state index is 12.0. The number of piperidine rings is 1. The molecular weight excluding hydrogens is 258 g/mol. The first-order chi connectivity index (χ1) is 9.49. The largest absolute Gasteiger partial charge is 0.452 e. The van der Waals surface area contributed by atoms with Crippen molar-refractivity contribution in [3.05, 3.63) is 17.5 Å². The summed E-state index contributed by atoms with van der Waals surface area (Å²) in [5, 5.41) is 3.98. The van der Waals surface area contributed by atoms with Crippen molar-refractivity contribution in [2.24, 2.45) is 13.0 Å². The van der Waals surface area contributed by atoms with Crippen LogP contribution in [0.5, 0.6) is 0 Å². The Morgan fingerprint density at radius 3 is 2.60 bits per heavy atom. The van der Waals surface area contributed by atoms with E-state index in [0.717, 1.165) is 31.6 Å². The summed E-state index contributed by atoms with van der Waals surface area (Å²) in [5.41, 5.74) is 1.14. The third kappa shape index (κ3) is 3.18. The number of carbonyl (C=O) groups is 2. The fourth-order valence-corrected chi connectivity index (χ4v) is 2.25. The molecule has 2 rings (SSSR count). The monoisotopic (exact) mass is 279 g/mol. The van der Waals surface area contributed by atoms with Gasteiger partial charge in [0.2, 0.25) is 0 Å². The van der Waals surface area contributed by atoms with Gasteiger partial charge in [0.25, 0.3) is 5.91 Å². The molecule has 1 aromatic rings. The third-order valence-electron chi connectivity index (χ3n) is 3.92. The lowest BCUT2D eigenvalue weighted by Crippen LogP contribution is -2.40. The molecule has 0 saturated carbocycles. The van der Waals surface area contributed by atoms with Gasteiger partial charge in [0.1, 0.15) is 5.56 Å². The molecule has 1 saturated heterocycles.